The van der Waals surface area contributed by atoms with Gasteiger partial charge in [0.05, 0.1) is 6.61 Å². The van der Waals surface area contributed by atoms with Gasteiger partial charge in [0.1, 0.15) is 11.2 Å². The van der Waals surface area contributed by atoms with Gasteiger partial charge >= 0.3 is 5.63 Å². The zero-order valence-electron chi connectivity index (χ0n) is 15.7. The Labute approximate surface area is 158 Å². The summed E-state index contributed by atoms with van der Waals surface area (Å²) in [6, 6.07) is 13.4. The van der Waals surface area contributed by atoms with E-state index in [1.165, 1.54) is 0 Å². The van der Waals surface area contributed by atoms with E-state index < -0.39 is 5.63 Å². The molecule has 140 valence electrons. The zero-order valence-corrected chi connectivity index (χ0v) is 15.7. The van der Waals surface area contributed by atoms with Gasteiger partial charge in [-0.25, -0.2) is 9.78 Å². The lowest BCUT2D eigenvalue weighted by Gasteiger charge is -2.17. The Morgan fingerprint density at radius 3 is 2.41 bits per heavy atom. The lowest BCUT2D eigenvalue weighted by Crippen LogP contribution is -2.20. The first-order valence-electron chi connectivity index (χ1n) is 8.70. The average molecular weight is 365 g/mol. The lowest BCUT2D eigenvalue weighted by atomic mass is 10.1. The van der Waals surface area contributed by atoms with Crippen LogP contribution in [0, 0.1) is 0 Å². The van der Waals surface area contributed by atoms with Crippen LogP contribution in [0.5, 0.6) is 0 Å². The molecule has 6 heteroatoms. The summed E-state index contributed by atoms with van der Waals surface area (Å²) in [5.41, 5.74) is 3.82. The van der Waals surface area contributed by atoms with Crippen molar-refractivity contribution in [2.45, 2.75) is 0 Å². The van der Waals surface area contributed by atoms with Crippen LogP contribution in [0.3, 0.4) is 0 Å². The fourth-order valence-corrected chi connectivity index (χ4v) is 2.68. The van der Waals surface area contributed by atoms with Gasteiger partial charge in [0.15, 0.2) is 5.58 Å². The van der Waals surface area contributed by atoms with Crippen LogP contribution in [-0.4, -0.2) is 44.4 Å². The largest absolute Gasteiger partial charge is 0.419 e. The van der Waals surface area contributed by atoms with Crippen molar-refractivity contribution in [3.05, 3.63) is 64.1 Å². The van der Waals surface area contributed by atoms with E-state index in [0.717, 1.165) is 16.9 Å². The molecule has 0 atom stereocenters. The monoisotopic (exact) mass is 365 g/mol. The Bertz CT molecular complexity index is 1010. The highest BCUT2D eigenvalue weighted by atomic mass is 16.4. The molecule has 0 saturated carbocycles. The number of aliphatic hydroxyl groups excluding tert-OH is 1. The summed E-state index contributed by atoms with van der Waals surface area (Å²) in [5, 5.41) is 9.01. The number of rotatable bonds is 6. The molecule has 3 rings (SSSR count). The summed E-state index contributed by atoms with van der Waals surface area (Å²) in [4.78, 5) is 20.5. The van der Waals surface area contributed by atoms with Gasteiger partial charge in [0.2, 0.25) is 0 Å². The quantitative estimate of drug-likeness (QED) is 0.724. The second kappa shape index (κ2) is 8.05. The van der Waals surface area contributed by atoms with E-state index in [-0.39, 0.29) is 12.3 Å². The summed E-state index contributed by atoms with van der Waals surface area (Å²) in [6.07, 6.45) is 3.49. The van der Waals surface area contributed by atoms with E-state index in [0.29, 0.717) is 17.6 Å². The first kappa shape index (κ1) is 18.7. The Morgan fingerprint density at radius 2 is 1.74 bits per heavy atom. The first-order valence-corrected chi connectivity index (χ1v) is 8.70. The molecular formula is C21H23N3O3. The van der Waals surface area contributed by atoms with Crippen LogP contribution < -0.4 is 15.4 Å². The molecule has 2 aromatic carbocycles. The van der Waals surface area contributed by atoms with Gasteiger partial charge in [-0.1, -0.05) is 18.2 Å². The molecule has 0 bridgehead atoms. The van der Waals surface area contributed by atoms with Crippen molar-refractivity contribution < 1.29 is 9.52 Å². The van der Waals surface area contributed by atoms with Crippen LogP contribution in [0.25, 0.3) is 23.3 Å². The average Bonchev–Trinajstić information content (AvgIpc) is 2.66. The van der Waals surface area contributed by atoms with Crippen LogP contribution in [0.2, 0.25) is 0 Å². The van der Waals surface area contributed by atoms with E-state index in [1.54, 1.807) is 12.1 Å². The minimum atomic E-state index is -0.464. The SMILES string of the molecule is CN(C)c1ccc2nc(/C=C/c3ccc(N(C)CCO)cc3)c(=O)oc2c1. The fourth-order valence-electron chi connectivity index (χ4n) is 2.68. The first-order chi connectivity index (χ1) is 13.0. The topological polar surface area (TPSA) is 69.8 Å². The second-order valence-electron chi connectivity index (χ2n) is 6.50. The molecule has 0 aliphatic rings. The fraction of sp³-hybridized carbons (Fsp3) is 0.238. The van der Waals surface area contributed by atoms with Crippen molar-refractivity contribution in [3.8, 4) is 0 Å². The van der Waals surface area contributed by atoms with Crippen LogP contribution in [0.1, 0.15) is 11.3 Å². The maximum absolute atomic E-state index is 12.2. The number of aromatic nitrogens is 1. The molecule has 27 heavy (non-hydrogen) atoms. The summed E-state index contributed by atoms with van der Waals surface area (Å²) < 4.78 is 5.42. The van der Waals surface area contributed by atoms with Crippen LogP contribution in [0.4, 0.5) is 11.4 Å². The minimum Gasteiger partial charge on any atom is -0.419 e. The third kappa shape index (κ3) is 4.35. The van der Waals surface area contributed by atoms with Gasteiger partial charge in [0.25, 0.3) is 0 Å². The maximum Gasteiger partial charge on any atom is 0.362 e. The summed E-state index contributed by atoms with van der Waals surface area (Å²) in [7, 11) is 5.78. The molecule has 0 unspecified atom stereocenters. The van der Waals surface area contributed by atoms with Gasteiger partial charge < -0.3 is 19.3 Å². The molecule has 0 amide bonds. The van der Waals surface area contributed by atoms with Crippen molar-refractivity contribution in [2.24, 2.45) is 0 Å². The Balaban J connectivity index is 1.84. The normalized spacial score (nSPS) is 11.3. The third-order valence-electron chi connectivity index (χ3n) is 4.32. The van der Waals surface area contributed by atoms with E-state index in [9.17, 15) is 4.79 Å². The van der Waals surface area contributed by atoms with Gasteiger partial charge in [-0.3, -0.25) is 0 Å². The molecule has 0 spiro atoms. The Kier molecular flexibility index (Phi) is 5.57. The van der Waals surface area contributed by atoms with Crippen LogP contribution in [-0.2, 0) is 0 Å². The Morgan fingerprint density at radius 1 is 1.04 bits per heavy atom. The molecule has 0 aliphatic carbocycles. The highest BCUT2D eigenvalue weighted by molar-refractivity contribution is 5.78. The Hall–Kier alpha value is -3.12. The van der Waals surface area contributed by atoms with E-state index >= 15 is 0 Å². The second-order valence-corrected chi connectivity index (χ2v) is 6.50. The highest BCUT2D eigenvalue weighted by Gasteiger charge is 2.06. The number of likely N-dealkylation sites (N-methyl/N-ethyl adjacent to an activating group) is 1. The number of aliphatic hydroxyl groups is 1. The molecule has 0 fully saturated rings. The predicted octanol–water partition coefficient (Wildman–Crippen LogP) is 2.85. The number of nitrogens with zero attached hydrogens (tertiary/aromatic N) is 3. The molecule has 0 aliphatic heterocycles. The van der Waals surface area contributed by atoms with Crippen molar-refractivity contribution >= 4 is 34.6 Å². The zero-order chi connectivity index (χ0) is 19.4. The van der Waals surface area contributed by atoms with Crippen molar-refractivity contribution in [3.63, 3.8) is 0 Å². The van der Waals surface area contributed by atoms with E-state index in [1.807, 2.05) is 73.4 Å². The van der Waals surface area contributed by atoms with Gasteiger partial charge in [-0.05, 0) is 35.9 Å². The molecule has 3 aromatic rings. The minimum absolute atomic E-state index is 0.109. The summed E-state index contributed by atoms with van der Waals surface area (Å²) in [6.45, 7) is 0.685. The van der Waals surface area contributed by atoms with E-state index in [2.05, 4.69) is 4.98 Å². The molecular weight excluding hydrogens is 342 g/mol. The third-order valence-corrected chi connectivity index (χ3v) is 4.32. The molecule has 0 radical (unpaired) electrons. The molecule has 1 aromatic heterocycles. The summed E-state index contributed by atoms with van der Waals surface area (Å²) in [5.74, 6) is 0. The van der Waals surface area contributed by atoms with Gasteiger partial charge in [-0.2, -0.15) is 0 Å². The number of anilines is 2. The van der Waals surface area contributed by atoms with Crippen LogP contribution >= 0.6 is 0 Å². The standard InChI is InChI=1S/C21H23N3O3/c1-23(2)17-9-11-18-20(14-17)27-21(26)19(22-18)10-6-15-4-7-16(8-5-15)24(3)12-13-25/h4-11,14,25H,12-13H2,1-3H3/b10-6+. The number of fused-ring (bicyclic) bond motifs is 1. The number of hydrogen-bond acceptors (Lipinski definition) is 6. The highest BCUT2D eigenvalue weighted by Crippen LogP contribution is 2.19. The molecule has 6 nitrogen and oxygen atoms in total. The van der Waals surface area contributed by atoms with Crippen molar-refractivity contribution in [2.75, 3.05) is 44.1 Å². The summed E-state index contributed by atoms with van der Waals surface area (Å²) >= 11 is 0. The number of hydrogen-bond donors (Lipinski definition) is 1. The van der Waals surface area contributed by atoms with Crippen molar-refractivity contribution in [1.29, 1.82) is 0 Å². The van der Waals surface area contributed by atoms with Crippen LogP contribution in [0.15, 0.2) is 51.7 Å². The molecule has 0 saturated heterocycles. The number of benzene rings is 2. The maximum atomic E-state index is 12.2. The molecule has 1 N–H and O–H groups in total. The van der Waals surface area contributed by atoms with Crippen molar-refractivity contribution in [1.82, 2.24) is 4.98 Å². The van der Waals surface area contributed by atoms with Gasteiger partial charge in [-0.15, -0.1) is 0 Å². The van der Waals surface area contributed by atoms with E-state index in [4.69, 9.17) is 9.52 Å². The molecule has 1 heterocycles. The predicted molar refractivity (Wildman–Crippen MR) is 110 cm³/mol. The smallest absolute Gasteiger partial charge is 0.362 e. The lowest BCUT2D eigenvalue weighted by molar-refractivity contribution is 0.304. The van der Waals surface area contributed by atoms with Gasteiger partial charge in [0, 0.05) is 45.1 Å².